The quantitative estimate of drug-likeness (QED) is 0.849. The topological polar surface area (TPSA) is 36.3 Å². The van der Waals surface area contributed by atoms with Gasteiger partial charge in [0.1, 0.15) is 18.5 Å². The molecule has 1 aliphatic heterocycles. The number of benzene rings is 1. The first-order chi connectivity index (χ1) is 9.24. The average molecular weight is 258 g/mol. The molecule has 0 spiro atoms. The maximum absolute atomic E-state index is 5.96. The molecule has 1 aromatic heterocycles. The Kier molecular flexibility index (Phi) is 3.15. The molecule has 4 heteroatoms. The maximum Gasteiger partial charge on any atom is 0.161 e. The van der Waals surface area contributed by atoms with E-state index >= 15 is 0 Å². The number of hydrogen-bond donors (Lipinski definition) is 0. The summed E-state index contributed by atoms with van der Waals surface area (Å²) in [6, 6.07) is 8.19. The van der Waals surface area contributed by atoms with Crippen LogP contribution in [0.2, 0.25) is 0 Å². The molecule has 0 saturated heterocycles. The van der Waals surface area contributed by atoms with Gasteiger partial charge in [-0.05, 0) is 26.0 Å². The van der Waals surface area contributed by atoms with E-state index in [1.165, 1.54) is 0 Å². The van der Waals surface area contributed by atoms with Gasteiger partial charge in [-0.3, -0.25) is 0 Å². The van der Waals surface area contributed by atoms with Crippen LogP contribution in [0.3, 0.4) is 0 Å². The molecular formula is C15H18N2O2. The molecule has 100 valence electrons. The second kappa shape index (κ2) is 4.96. The Morgan fingerprint density at radius 3 is 2.89 bits per heavy atom. The van der Waals surface area contributed by atoms with E-state index < -0.39 is 0 Å². The van der Waals surface area contributed by atoms with Gasteiger partial charge in [-0.1, -0.05) is 12.1 Å². The minimum absolute atomic E-state index is 0.0230. The van der Waals surface area contributed by atoms with Gasteiger partial charge >= 0.3 is 0 Å². The van der Waals surface area contributed by atoms with Gasteiger partial charge in [-0.2, -0.15) is 0 Å². The van der Waals surface area contributed by atoms with Crippen LogP contribution in [-0.2, 0) is 6.42 Å². The Morgan fingerprint density at radius 2 is 2.11 bits per heavy atom. The lowest BCUT2D eigenvalue weighted by Gasteiger charge is -2.26. The van der Waals surface area contributed by atoms with Gasteiger partial charge < -0.3 is 14.0 Å². The summed E-state index contributed by atoms with van der Waals surface area (Å²) in [4.78, 5) is 4.41. The smallest absolute Gasteiger partial charge is 0.161 e. The second-order valence-electron chi connectivity index (χ2n) is 5.05. The SMILES string of the molecule is CC(C)n1ccnc1C[C@H]1COc2ccccc2O1. The van der Waals surface area contributed by atoms with Crippen LogP contribution in [0.4, 0.5) is 0 Å². The number of nitrogens with zero attached hydrogens (tertiary/aromatic N) is 2. The number of para-hydroxylation sites is 2. The third kappa shape index (κ3) is 2.43. The lowest BCUT2D eigenvalue weighted by Crippen LogP contribution is -2.32. The van der Waals surface area contributed by atoms with E-state index in [-0.39, 0.29) is 6.10 Å². The molecule has 0 radical (unpaired) electrons. The monoisotopic (exact) mass is 258 g/mol. The van der Waals surface area contributed by atoms with Crippen LogP contribution in [0.15, 0.2) is 36.7 Å². The van der Waals surface area contributed by atoms with Crippen molar-refractivity contribution >= 4 is 0 Å². The van der Waals surface area contributed by atoms with Crippen LogP contribution < -0.4 is 9.47 Å². The predicted octanol–water partition coefficient (Wildman–Crippen LogP) is 2.85. The molecule has 0 amide bonds. The lowest BCUT2D eigenvalue weighted by atomic mass is 10.2. The fourth-order valence-corrected chi connectivity index (χ4v) is 2.34. The molecule has 4 nitrogen and oxygen atoms in total. The Labute approximate surface area is 113 Å². The molecule has 2 aromatic rings. The first kappa shape index (κ1) is 12.1. The van der Waals surface area contributed by atoms with Gasteiger partial charge in [0, 0.05) is 24.9 Å². The summed E-state index contributed by atoms with van der Waals surface area (Å²) in [7, 11) is 0. The summed E-state index contributed by atoms with van der Waals surface area (Å²) in [5.41, 5.74) is 0. The normalized spacial score (nSPS) is 17.7. The fraction of sp³-hybridized carbons (Fsp3) is 0.400. The molecular weight excluding hydrogens is 240 g/mol. The highest BCUT2D eigenvalue weighted by atomic mass is 16.6. The Bertz CT molecular complexity index is 563. The largest absolute Gasteiger partial charge is 0.486 e. The number of aromatic nitrogens is 2. The van der Waals surface area contributed by atoms with Crippen molar-refractivity contribution in [3.8, 4) is 11.5 Å². The molecule has 3 rings (SSSR count). The Balaban J connectivity index is 1.74. The van der Waals surface area contributed by atoms with E-state index in [0.29, 0.717) is 12.6 Å². The fourth-order valence-electron chi connectivity index (χ4n) is 2.34. The third-order valence-corrected chi connectivity index (χ3v) is 3.28. The molecule has 0 unspecified atom stereocenters. The van der Waals surface area contributed by atoms with Crippen molar-refractivity contribution in [2.45, 2.75) is 32.4 Å². The van der Waals surface area contributed by atoms with Crippen molar-refractivity contribution in [1.82, 2.24) is 9.55 Å². The van der Waals surface area contributed by atoms with E-state index in [1.807, 2.05) is 36.7 Å². The molecule has 1 atom stereocenters. The molecule has 0 aliphatic carbocycles. The summed E-state index contributed by atoms with van der Waals surface area (Å²) in [6.07, 6.45) is 4.64. The number of fused-ring (bicyclic) bond motifs is 1. The molecule has 2 heterocycles. The predicted molar refractivity (Wildman–Crippen MR) is 72.7 cm³/mol. The van der Waals surface area contributed by atoms with E-state index in [1.54, 1.807) is 0 Å². The summed E-state index contributed by atoms with van der Waals surface area (Å²) < 4.78 is 13.9. The van der Waals surface area contributed by atoms with Crippen molar-refractivity contribution < 1.29 is 9.47 Å². The summed E-state index contributed by atoms with van der Waals surface area (Å²) in [5, 5.41) is 0. The highest BCUT2D eigenvalue weighted by Gasteiger charge is 2.22. The number of imidazole rings is 1. The number of ether oxygens (including phenoxy) is 2. The number of rotatable bonds is 3. The van der Waals surface area contributed by atoms with Gasteiger partial charge in [-0.15, -0.1) is 0 Å². The minimum atomic E-state index is 0.0230. The average Bonchev–Trinajstić information content (AvgIpc) is 2.87. The van der Waals surface area contributed by atoms with Crippen LogP contribution in [0.5, 0.6) is 11.5 Å². The van der Waals surface area contributed by atoms with Crippen LogP contribution in [0.25, 0.3) is 0 Å². The van der Waals surface area contributed by atoms with Crippen LogP contribution >= 0.6 is 0 Å². The van der Waals surface area contributed by atoms with Crippen molar-refractivity contribution in [1.29, 1.82) is 0 Å². The first-order valence-corrected chi connectivity index (χ1v) is 6.64. The number of hydrogen-bond acceptors (Lipinski definition) is 3. The molecule has 19 heavy (non-hydrogen) atoms. The molecule has 1 aliphatic rings. The molecule has 0 bridgehead atoms. The zero-order chi connectivity index (χ0) is 13.2. The zero-order valence-electron chi connectivity index (χ0n) is 11.2. The maximum atomic E-state index is 5.96. The van der Waals surface area contributed by atoms with Gasteiger partial charge in [0.15, 0.2) is 11.5 Å². The van der Waals surface area contributed by atoms with Gasteiger partial charge in [-0.25, -0.2) is 4.98 Å². The minimum Gasteiger partial charge on any atom is -0.486 e. The molecule has 0 N–H and O–H groups in total. The highest BCUT2D eigenvalue weighted by molar-refractivity contribution is 5.40. The van der Waals surface area contributed by atoms with E-state index in [2.05, 4.69) is 23.4 Å². The lowest BCUT2D eigenvalue weighted by molar-refractivity contribution is 0.0890. The van der Waals surface area contributed by atoms with Gasteiger partial charge in [0.05, 0.1) is 0 Å². The van der Waals surface area contributed by atoms with E-state index in [4.69, 9.17) is 9.47 Å². The van der Waals surface area contributed by atoms with Crippen LogP contribution in [0, 0.1) is 0 Å². The van der Waals surface area contributed by atoms with E-state index in [0.717, 1.165) is 23.7 Å². The molecule has 0 fully saturated rings. The Morgan fingerprint density at radius 1 is 1.32 bits per heavy atom. The van der Waals surface area contributed by atoms with Gasteiger partial charge in [0.2, 0.25) is 0 Å². The summed E-state index contributed by atoms with van der Waals surface area (Å²) in [6.45, 7) is 4.87. The summed E-state index contributed by atoms with van der Waals surface area (Å²) in [5.74, 6) is 2.69. The highest BCUT2D eigenvalue weighted by Crippen LogP contribution is 2.31. The van der Waals surface area contributed by atoms with Crippen molar-refractivity contribution in [2.75, 3.05) is 6.61 Å². The first-order valence-electron chi connectivity index (χ1n) is 6.64. The van der Waals surface area contributed by atoms with Crippen molar-refractivity contribution in [2.24, 2.45) is 0 Å². The van der Waals surface area contributed by atoms with Gasteiger partial charge in [0.25, 0.3) is 0 Å². The summed E-state index contributed by atoms with van der Waals surface area (Å²) >= 11 is 0. The zero-order valence-corrected chi connectivity index (χ0v) is 11.2. The van der Waals surface area contributed by atoms with Crippen LogP contribution in [-0.4, -0.2) is 22.3 Å². The van der Waals surface area contributed by atoms with Crippen molar-refractivity contribution in [3.05, 3.63) is 42.5 Å². The van der Waals surface area contributed by atoms with Crippen LogP contribution in [0.1, 0.15) is 25.7 Å². The van der Waals surface area contributed by atoms with Crippen molar-refractivity contribution in [3.63, 3.8) is 0 Å². The standard InChI is InChI=1S/C15H18N2O2/c1-11(2)17-8-7-16-15(17)9-12-10-18-13-5-3-4-6-14(13)19-12/h3-8,11-12H,9-10H2,1-2H3/t12-/m0/s1. The van der Waals surface area contributed by atoms with E-state index in [9.17, 15) is 0 Å². The third-order valence-electron chi connectivity index (χ3n) is 3.28. The molecule has 1 aromatic carbocycles. The second-order valence-corrected chi connectivity index (χ2v) is 5.05. The Hall–Kier alpha value is -1.97. The molecule has 0 saturated carbocycles.